The molecule has 0 bridgehead atoms. The van der Waals surface area contributed by atoms with Crippen molar-refractivity contribution in [3.63, 3.8) is 0 Å². The van der Waals surface area contributed by atoms with Crippen LogP contribution in [0.1, 0.15) is 40.5 Å². The number of fused-ring (bicyclic) bond motifs is 2. The van der Waals surface area contributed by atoms with Crippen LogP contribution < -0.4 is 5.32 Å². The Bertz CT molecular complexity index is 904. The highest BCUT2D eigenvalue weighted by atomic mass is 16.5. The number of amides is 1. The van der Waals surface area contributed by atoms with Crippen LogP contribution >= 0.6 is 0 Å². The van der Waals surface area contributed by atoms with E-state index < -0.39 is 0 Å². The smallest absolute Gasteiger partial charge is 0.235 e. The van der Waals surface area contributed by atoms with E-state index in [1.165, 1.54) is 5.56 Å². The average Bonchev–Trinajstić information content (AvgIpc) is 3.00. The third-order valence-electron chi connectivity index (χ3n) is 4.34. The van der Waals surface area contributed by atoms with Crippen LogP contribution in [-0.2, 0) is 4.79 Å². The Morgan fingerprint density at radius 1 is 1.27 bits per heavy atom. The van der Waals surface area contributed by atoms with Gasteiger partial charge in [0, 0.05) is 11.8 Å². The Hall–Kier alpha value is -2.56. The highest BCUT2D eigenvalue weighted by Gasteiger charge is 2.35. The van der Waals surface area contributed by atoms with E-state index in [2.05, 4.69) is 23.5 Å². The highest BCUT2D eigenvalue weighted by molar-refractivity contribution is 5.94. The molecule has 22 heavy (non-hydrogen) atoms. The summed E-state index contributed by atoms with van der Waals surface area (Å²) in [7, 11) is 0. The van der Waals surface area contributed by atoms with Gasteiger partial charge in [-0.05, 0) is 38.5 Å². The van der Waals surface area contributed by atoms with E-state index in [0.717, 1.165) is 33.6 Å². The first-order chi connectivity index (χ1) is 10.5. The molecule has 0 unspecified atom stereocenters. The number of nitrogens with one attached hydrogen (secondary N) is 1. The van der Waals surface area contributed by atoms with Crippen LogP contribution in [-0.4, -0.2) is 11.1 Å². The fourth-order valence-corrected chi connectivity index (χ4v) is 3.25. The van der Waals surface area contributed by atoms with Crippen molar-refractivity contribution in [1.29, 1.82) is 0 Å². The molecule has 5 heteroatoms. The minimum Gasteiger partial charge on any atom is -0.460 e. The van der Waals surface area contributed by atoms with Gasteiger partial charge in [-0.2, -0.15) is 0 Å². The molecular weight excluding hydrogens is 280 g/mol. The molecule has 112 valence electrons. The lowest BCUT2D eigenvalue weighted by atomic mass is 9.88. The number of aryl methyl sites for hydroxylation is 3. The first kappa shape index (κ1) is 13.1. The van der Waals surface area contributed by atoms with E-state index in [1.54, 1.807) is 0 Å². The van der Waals surface area contributed by atoms with Crippen molar-refractivity contribution in [2.24, 2.45) is 0 Å². The van der Waals surface area contributed by atoms with E-state index >= 15 is 0 Å². The van der Waals surface area contributed by atoms with Crippen LogP contribution in [0.5, 0.6) is 0 Å². The average molecular weight is 296 g/mol. The van der Waals surface area contributed by atoms with E-state index in [9.17, 15) is 4.79 Å². The van der Waals surface area contributed by atoms with Crippen LogP contribution in [0.3, 0.4) is 0 Å². The summed E-state index contributed by atoms with van der Waals surface area (Å²) < 4.78 is 11.3. The third-order valence-corrected chi connectivity index (χ3v) is 4.34. The summed E-state index contributed by atoms with van der Waals surface area (Å²) in [6.45, 7) is 5.98. The lowest BCUT2D eigenvalue weighted by molar-refractivity contribution is -0.116. The van der Waals surface area contributed by atoms with Crippen molar-refractivity contribution in [2.75, 3.05) is 5.32 Å². The van der Waals surface area contributed by atoms with Gasteiger partial charge in [-0.25, -0.2) is 0 Å². The number of anilines is 1. The number of nitrogens with zero attached hydrogens (tertiary/aromatic N) is 1. The van der Waals surface area contributed by atoms with Gasteiger partial charge < -0.3 is 8.94 Å². The Labute approximate surface area is 127 Å². The van der Waals surface area contributed by atoms with Gasteiger partial charge in [-0.3, -0.25) is 10.1 Å². The molecule has 3 heterocycles. The minimum absolute atomic E-state index is 0.0790. The van der Waals surface area contributed by atoms with Crippen LogP contribution in [0.15, 0.2) is 27.1 Å². The molecule has 0 radical (unpaired) electrons. The quantitative estimate of drug-likeness (QED) is 0.741. The van der Waals surface area contributed by atoms with Gasteiger partial charge in [0.2, 0.25) is 11.8 Å². The van der Waals surface area contributed by atoms with Crippen molar-refractivity contribution in [3.05, 3.63) is 46.3 Å². The summed E-state index contributed by atoms with van der Waals surface area (Å²) in [5, 5.41) is 7.80. The fourth-order valence-electron chi connectivity index (χ4n) is 3.25. The van der Waals surface area contributed by atoms with Gasteiger partial charge in [0.25, 0.3) is 0 Å². The van der Waals surface area contributed by atoms with E-state index in [0.29, 0.717) is 12.3 Å². The number of benzene rings is 1. The molecule has 2 aromatic heterocycles. The molecular formula is C17H16N2O3. The molecule has 1 N–H and O–H groups in total. The Kier molecular flexibility index (Phi) is 2.66. The topological polar surface area (TPSA) is 68.3 Å². The summed E-state index contributed by atoms with van der Waals surface area (Å²) in [5.41, 5.74) is 4.81. The molecule has 1 amide bonds. The lowest BCUT2D eigenvalue weighted by Gasteiger charge is -2.20. The molecule has 3 aromatic rings. The second-order valence-corrected chi connectivity index (χ2v) is 5.91. The van der Waals surface area contributed by atoms with Crippen molar-refractivity contribution in [2.45, 2.75) is 33.1 Å². The molecule has 1 aromatic carbocycles. The van der Waals surface area contributed by atoms with Gasteiger partial charge in [0.05, 0.1) is 17.2 Å². The molecule has 5 nitrogen and oxygen atoms in total. The number of carbonyl (C=O) groups is 1. The van der Waals surface area contributed by atoms with Gasteiger partial charge in [-0.1, -0.05) is 16.8 Å². The van der Waals surface area contributed by atoms with Crippen LogP contribution in [0.25, 0.3) is 11.0 Å². The highest BCUT2D eigenvalue weighted by Crippen LogP contribution is 2.42. The minimum atomic E-state index is -0.150. The maximum absolute atomic E-state index is 12.0. The number of hydrogen-bond donors (Lipinski definition) is 1. The maximum Gasteiger partial charge on any atom is 0.235 e. The SMILES string of the molecule is Cc1ccc2oc([C@H]3CC(=O)Nc4onc(C)c43)c(C)c2c1. The van der Waals surface area contributed by atoms with Gasteiger partial charge >= 0.3 is 0 Å². The van der Waals surface area contributed by atoms with Crippen molar-refractivity contribution in [1.82, 2.24) is 5.16 Å². The Morgan fingerprint density at radius 2 is 2.09 bits per heavy atom. The molecule has 1 aliphatic rings. The zero-order valence-corrected chi connectivity index (χ0v) is 12.7. The van der Waals surface area contributed by atoms with Crippen molar-refractivity contribution >= 4 is 22.8 Å². The summed E-state index contributed by atoms with van der Waals surface area (Å²) in [6, 6.07) is 6.12. The molecule has 0 spiro atoms. The van der Waals surface area contributed by atoms with E-state index in [1.807, 2.05) is 26.0 Å². The van der Waals surface area contributed by atoms with Crippen molar-refractivity contribution in [3.8, 4) is 0 Å². The molecule has 1 atom stereocenters. The normalized spacial score (nSPS) is 17.6. The number of carbonyl (C=O) groups excluding carboxylic acids is 1. The summed E-state index contributed by atoms with van der Waals surface area (Å²) in [6.07, 6.45) is 0.342. The second kappa shape index (κ2) is 4.47. The third kappa shape index (κ3) is 1.78. The predicted octanol–water partition coefficient (Wildman–Crippen LogP) is 3.82. The zero-order valence-electron chi connectivity index (χ0n) is 12.7. The number of furan rings is 1. The first-order valence-electron chi connectivity index (χ1n) is 7.30. The maximum atomic E-state index is 12.0. The molecule has 0 aliphatic carbocycles. The summed E-state index contributed by atoms with van der Waals surface area (Å²) in [4.78, 5) is 12.0. The van der Waals surface area contributed by atoms with Gasteiger partial charge in [-0.15, -0.1) is 0 Å². The van der Waals surface area contributed by atoms with Gasteiger partial charge in [0.15, 0.2) is 0 Å². The Balaban J connectivity index is 1.94. The van der Waals surface area contributed by atoms with E-state index in [4.69, 9.17) is 8.94 Å². The van der Waals surface area contributed by atoms with E-state index in [-0.39, 0.29) is 11.8 Å². The molecule has 4 rings (SSSR count). The Morgan fingerprint density at radius 3 is 2.91 bits per heavy atom. The molecule has 1 aliphatic heterocycles. The number of aromatic nitrogens is 1. The second-order valence-electron chi connectivity index (χ2n) is 5.91. The zero-order chi connectivity index (χ0) is 15.4. The largest absolute Gasteiger partial charge is 0.460 e. The van der Waals surface area contributed by atoms with Crippen LogP contribution in [0.2, 0.25) is 0 Å². The summed E-state index contributed by atoms with van der Waals surface area (Å²) in [5.74, 6) is 1.03. The number of rotatable bonds is 1. The van der Waals surface area contributed by atoms with Crippen LogP contribution in [0, 0.1) is 20.8 Å². The predicted molar refractivity (Wildman–Crippen MR) is 82.0 cm³/mol. The molecule has 0 fully saturated rings. The monoisotopic (exact) mass is 296 g/mol. The standard InChI is InChI=1S/C17H16N2O3/c1-8-4-5-13-11(6-8)9(2)16(21-13)12-7-14(20)18-17-15(12)10(3)19-22-17/h4-6,12H,7H2,1-3H3,(H,18,20)/t12-/m0/s1. The molecule has 0 saturated carbocycles. The lowest BCUT2D eigenvalue weighted by Crippen LogP contribution is -2.23. The van der Waals surface area contributed by atoms with Crippen molar-refractivity contribution < 1.29 is 13.7 Å². The first-order valence-corrected chi connectivity index (χ1v) is 7.30. The number of hydrogen-bond acceptors (Lipinski definition) is 4. The fraction of sp³-hybridized carbons (Fsp3) is 0.294. The van der Waals surface area contributed by atoms with Gasteiger partial charge in [0.1, 0.15) is 11.3 Å². The summed E-state index contributed by atoms with van der Waals surface area (Å²) >= 11 is 0. The van der Waals surface area contributed by atoms with Crippen LogP contribution in [0.4, 0.5) is 5.88 Å². The molecule has 0 saturated heterocycles.